The summed E-state index contributed by atoms with van der Waals surface area (Å²) in [6, 6.07) is 10.7. The van der Waals surface area contributed by atoms with E-state index >= 15 is 0 Å². The van der Waals surface area contributed by atoms with Crippen molar-refractivity contribution in [3.8, 4) is 0 Å². The van der Waals surface area contributed by atoms with Gasteiger partial charge in [-0.2, -0.15) is 0 Å². The lowest BCUT2D eigenvalue weighted by atomic mass is 9.84. The van der Waals surface area contributed by atoms with Crippen molar-refractivity contribution in [2.75, 3.05) is 0 Å². The van der Waals surface area contributed by atoms with Crippen LogP contribution >= 0.6 is 11.3 Å². The minimum absolute atomic E-state index is 0.0600. The predicted molar refractivity (Wildman–Crippen MR) is 125 cm³/mol. The van der Waals surface area contributed by atoms with Crippen LogP contribution in [0.1, 0.15) is 51.3 Å². The second kappa shape index (κ2) is 9.57. The van der Waals surface area contributed by atoms with Gasteiger partial charge in [-0.1, -0.05) is 61.9 Å². The standard InChI is InChI=1S/C26H30O3S/c1-18-16-22(27)21(11-6-4-5-7-13-25(28)29)20(18)14-15-26(2,3)24-17-19-10-8-9-12-23(19)30-24/h4,6,8-10,12,14-17,20-21H,5,7,11,13H2,1-3H3,(H,28,29)/t20-,21+/m0/s1. The predicted octanol–water partition coefficient (Wildman–Crippen LogP) is 6.70. The lowest BCUT2D eigenvalue weighted by molar-refractivity contribution is -0.137. The van der Waals surface area contributed by atoms with Gasteiger partial charge in [0.15, 0.2) is 5.78 Å². The summed E-state index contributed by atoms with van der Waals surface area (Å²) in [4.78, 5) is 24.4. The highest BCUT2D eigenvalue weighted by molar-refractivity contribution is 7.19. The smallest absolute Gasteiger partial charge is 0.303 e. The van der Waals surface area contributed by atoms with Gasteiger partial charge < -0.3 is 5.11 Å². The summed E-state index contributed by atoms with van der Waals surface area (Å²) in [5, 5.41) is 9.98. The van der Waals surface area contributed by atoms with Crippen molar-refractivity contribution in [2.45, 2.75) is 51.9 Å². The quantitative estimate of drug-likeness (QED) is 0.361. The molecule has 4 heteroatoms. The number of thiophene rings is 1. The number of carboxylic acid groups (broad SMARTS) is 1. The molecule has 1 aromatic heterocycles. The monoisotopic (exact) mass is 422 g/mol. The van der Waals surface area contributed by atoms with E-state index in [0.717, 1.165) is 12.0 Å². The van der Waals surface area contributed by atoms with Gasteiger partial charge >= 0.3 is 5.97 Å². The van der Waals surface area contributed by atoms with Gasteiger partial charge in [0, 0.05) is 33.2 Å². The highest BCUT2D eigenvalue weighted by atomic mass is 32.1. The molecule has 3 rings (SSSR count). The zero-order valence-corrected chi connectivity index (χ0v) is 18.7. The van der Waals surface area contributed by atoms with E-state index in [-0.39, 0.29) is 29.5 Å². The van der Waals surface area contributed by atoms with E-state index in [1.807, 2.05) is 30.4 Å². The minimum Gasteiger partial charge on any atom is -0.481 e. The van der Waals surface area contributed by atoms with Crippen LogP contribution in [-0.4, -0.2) is 16.9 Å². The zero-order chi connectivity index (χ0) is 21.7. The van der Waals surface area contributed by atoms with Crippen LogP contribution in [0.4, 0.5) is 0 Å². The molecule has 0 saturated carbocycles. The van der Waals surface area contributed by atoms with Crippen LogP contribution in [0.2, 0.25) is 0 Å². The molecule has 3 nitrogen and oxygen atoms in total. The summed E-state index contributed by atoms with van der Waals surface area (Å²) in [5.41, 5.74) is 1.01. The third-order valence-electron chi connectivity index (χ3n) is 5.79. The Morgan fingerprint density at radius 3 is 2.73 bits per heavy atom. The first-order valence-corrected chi connectivity index (χ1v) is 11.4. The molecule has 0 unspecified atom stereocenters. The lowest BCUT2D eigenvalue weighted by Crippen LogP contribution is -2.17. The first-order valence-electron chi connectivity index (χ1n) is 10.5. The summed E-state index contributed by atoms with van der Waals surface area (Å²) >= 11 is 1.83. The van der Waals surface area contributed by atoms with E-state index in [0.29, 0.717) is 12.8 Å². The molecule has 0 spiro atoms. The van der Waals surface area contributed by atoms with Crippen molar-refractivity contribution >= 4 is 33.2 Å². The van der Waals surface area contributed by atoms with Gasteiger partial charge in [0.1, 0.15) is 0 Å². The number of ketones is 1. The van der Waals surface area contributed by atoms with E-state index in [9.17, 15) is 9.59 Å². The van der Waals surface area contributed by atoms with Crippen molar-refractivity contribution in [2.24, 2.45) is 11.8 Å². The number of fused-ring (bicyclic) bond motifs is 1. The van der Waals surface area contributed by atoms with Crippen LogP contribution in [0.5, 0.6) is 0 Å². The van der Waals surface area contributed by atoms with E-state index in [4.69, 9.17) is 5.11 Å². The molecule has 0 fully saturated rings. The Labute approximate surface area is 182 Å². The minimum atomic E-state index is -0.763. The van der Waals surface area contributed by atoms with Crippen molar-refractivity contribution < 1.29 is 14.7 Å². The first-order chi connectivity index (χ1) is 14.3. The van der Waals surface area contributed by atoms with Gasteiger partial charge in [-0.25, -0.2) is 0 Å². The number of hydrogen-bond acceptors (Lipinski definition) is 3. The Kier molecular flexibility index (Phi) is 7.09. The van der Waals surface area contributed by atoms with Gasteiger partial charge in [-0.05, 0) is 49.8 Å². The molecule has 0 amide bonds. The molecule has 1 aliphatic carbocycles. The molecular weight excluding hydrogens is 392 g/mol. The van der Waals surface area contributed by atoms with Crippen LogP contribution in [-0.2, 0) is 15.0 Å². The molecule has 0 bridgehead atoms. The Bertz CT molecular complexity index is 973. The van der Waals surface area contributed by atoms with E-state index in [1.165, 1.54) is 15.0 Å². The molecule has 1 N–H and O–H groups in total. The molecule has 0 radical (unpaired) electrons. The number of allylic oxidation sites excluding steroid dienone is 6. The van der Waals surface area contributed by atoms with Crippen LogP contribution < -0.4 is 0 Å². The summed E-state index contributed by atoms with van der Waals surface area (Å²) in [6.45, 7) is 6.48. The molecule has 2 aromatic rings. The molecule has 1 heterocycles. The second-order valence-electron chi connectivity index (χ2n) is 8.65. The maximum absolute atomic E-state index is 12.5. The Morgan fingerprint density at radius 2 is 2.00 bits per heavy atom. The zero-order valence-electron chi connectivity index (χ0n) is 17.9. The molecule has 0 aliphatic heterocycles. The summed E-state index contributed by atoms with van der Waals surface area (Å²) in [6.07, 6.45) is 12.5. The lowest BCUT2D eigenvalue weighted by Gasteiger charge is -2.21. The average molecular weight is 423 g/mol. The largest absolute Gasteiger partial charge is 0.481 e. The van der Waals surface area contributed by atoms with Gasteiger partial charge in [0.25, 0.3) is 0 Å². The highest BCUT2D eigenvalue weighted by Crippen LogP contribution is 2.38. The number of unbranched alkanes of at least 4 members (excludes halogenated alkanes) is 1. The van der Waals surface area contributed by atoms with Crippen molar-refractivity contribution in [3.05, 3.63) is 71.2 Å². The highest BCUT2D eigenvalue weighted by Gasteiger charge is 2.32. The summed E-state index contributed by atoms with van der Waals surface area (Å²) in [5.74, 6) is -0.511. The first kappa shape index (κ1) is 22.2. The fraction of sp³-hybridized carbons (Fsp3) is 0.385. The van der Waals surface area contributed by atoms with Crippen LogP contribution in [0.3, 0.4) is 0 Å². The van der Waals surface area contributed by atoms with Gasteiger partial charge in [0.05, 0.1) is 0 Å². The van der Waals surface area contributed by atoms with Crippen molar-refractivity contribution in [3.63, 3.8) is 0 Å². The summed E-state index contributed by atoms with van der Waals surface area (Å²) in [7, 11) is 0. The van der Waals surface area contributed by atoms with Crippen LogP contribution in [0, 0.1) is 11.8 Å². The Balaban J connectivity index is 1.68. The molecule has 30 heavy (non-hydrogen) atoms. The molecule has 1 aromatic carbocycles. The van der Waals surface area contributed by atoms with E-state index in [1.54, 1.807) is 6.08 Å². The Hall–Kier alpha value is -2.46. The Morgan fingerprint density at radius 1 is 1.23 bits per heavy atom. The van der Waals surface area contributed by atoms with Crippen molar-refractivity contribution in [1.82, 2.24) is 0 Å². The number of benzene rings is 1. The van der Waals surface area contributed by atoms with Gasteiger partial charge in [0.2, 0.25) is 0 Å². The number of rotatable bonds is 9. The number of carboxylic acids is 1. The van der Waals surface area contributed by atoms with Gasteiger partial charge in [-0.3, -0.25) is 9.59 Å². The fourth-order valence-corrected chi connectivity index (χ4v) is 5.07. The summed E-state index contributed by atoms with van der Waals surface area (Å²) < 4.78 is 1.30. The average Bonchev–Trinajstić information content (AvgIpc) is 3.24. The molecule has 0 saturated heterocycles. The third kappa shape index (κ3) is 5.37. The maximum atomic E-state index is 12.5. The number of hydrogen-bond donors (Lipinski definition) is 1. The van der Waals surface area contributed by atoms with E-state index < -0.39 is 5.97 Å². The van der Waals surface area contributed by atoms with Crippen LogP contribution in [0.25, 0.3) is 10.1 Å². The number of carbonyl (C=O) groups is 2. The number of carbonyl (C=O) groups excluding carboxylic acids is 1. The molecular formula is C26H30O3S. The SMILES string of the molecule is CC1=CC(=O)[C@H](CC=CCCCC(=O)O)[C@H]1C=CC(C)(C)c1cc2ccccc2s1. The maximum Gasteiger partial charge on any atom is 0.303 e. The van der Waals surface area contributed by atoms with Crippen molar-refractivity contribution in [1.29, 1.82) is 0 Å². The third-order valence-corrected chi connectivity index (χ3v) is 7.25. The van der Waals surface area contributed by atoms with Crippen LogP contribution in [0.15, 0.2) is 66.3 Å². The fourth-order valence-electron chi connectivity index (χ4n) is 3.93. The van der Waals surface area contributed by atoms with E-state index in [2.05, 4.69) is 56.3 Å². The van der Waals surface area contributed by atoms with Gasteiger partial charge in [-0.15, -0.1) is 11.3 Å². The number of aliphatic carboxylic acids is 1. The topological polar surface area (TPSA) is 54.4 Å². The normalized spacial score (nSPS) is 20.0. The molecule has 2 atom stereocenters. The molecule has 158 valence electrons. The second-order valence-corrected chi connectivity index (χ2v) is 9.73. The molecule has 1 aliphatic rings.